The first-order chi connectivity index (χ1) is 20.7. The van der Waals surface area contributed by atoms with E-state index >= 15 is 0 Å². The van der Waals surface area contributed by atoms with Crippen molar-refractivity contribution in [1.82, 2.24) is 35.0 Å². The molecule has 0 radical (unpaired) electrons. The number of carbonyl (C=O) groups is 2. The van der Waals surface area contributed by atoms with Gasteiger partial charge in [-0.2, -0.15) is 23.4 Å². The van der Waals surface area contributed by atoms with Crippen molar-refractivity contribution in [3.8, 4) is 0 Å². The van der Waals surface area contributed by atoms with Crippen molar-refractivity contribution in [3.05, 3.63) is 47.7 Å². The van der Waals surface area contributed by atoms with Crippen LogP contribution in [0, 0.1) is 11.8 Å². The molecule has 2 saturated carbocycles. The van der Waals surface area contributed by atoms with Crippen LogP contribution in [0.1, 0.15) is 99.2 Å². The fourth-order valence-electron chi connectivity index (χ4n) is 5.59. The van der Waals surface area contributed by atoms with Crippen LogP contribution in [0.15, 0.2) is 30.7 Å². The number of amides is 2. The minimum atomic E-state index is -4.57. The summed E-state index contributed by atoms with van der Waals surface area (Å²) < 4.78 is 74.2. The second-order valence-corrected chi connectivity index (χ2v) is 12.0. The highest BCUT2D eigenvalue weighted by Crippen LogP contribution is 2.43. The summed E-state index contributed by atoms with van der Waals surface area (Å²) in [5, 5.41) is 14.4. The van der Waals surface area contributed by atoms with Gasteiger partial charge in [0.25, 0.3) is 5.91 Å². The van der Waals surface area contributed by atoms with Gasteiger partial charge < -0.3 is 15.4 Å². The lowest BCUT2D eigenvalue weighted by Gasteiger charge is -2.33. The second-order valence-electron chi connectivity index (χ2n) is 12.0. The zero-order chi connectivity index (χ0) is 31.8. The molecule has 10 nitrogen and oxygen atoms in total. The number of hydrogen-bond donors (Lipinski definition) is 2. The minimum absolute atomic E-state index is 0.0742. The summed E-state index contributed by atoms with van der Waals surface area (Å²) in [6.45, 7) is 3.88. The lowest BCUT2D eigenvalue weighted by molar-refractivity contribution is -0.213. The molecule has 44 heavy (non-hydrogen) atoms. The Labute approximate surface area is 250 Å². The highest BCUT2D eigenvalue weighted by molar-refractivity contribution is 5.92. The molecule has 3 atom stereocenters. The largest absolute Gasteiger partial charge is 0.414 e. The highest BCUT2D eigenvalue weighted by atomic mass is 19.4. The maximum Gasteiger partial charge on any atom is 0.414 e. The average Bonchev–Trinajstić information content (AvgIpc) is 3.50. The Morgan fingerprint density at radius 2 is 1.73 bits per heavy atom. The molecule has 5 rings (SSSR count). The fraction of sp³-hybridized carbons (Fsp3) is 0.621. The minimum Gasteiger partial charge on any atom is -0.359 e. The maximum atomic E-state index is 14.0. The predicted molar refractivity (Wildman–Crippen MR) is 148 cm³/mol. The topological polar surface area (TPSA) is 115 Å². The third kappa shape index (κ3) is 7.36. The molecule has 0 aliphatic heterocycles. The third-order valence-electron chi connectivity index (χ3n) is 8.28. The summed E-state index contributed by atoms with van der Waals surface area (Å²) >= 11 is 0. The quantitative estimate of drug-likeness (QED) is 0.278. The summed E-state index contributed by atoms with van der Waals surface area (Å²) in [7, 11) is 0. The number of rotatable bonds is 11. The van der Waals surface area contributed by atoms with E-state index in [1.54, 1.807) is 29.2 Å². The Kier molecular flexibility index (Phi) is 8.96. The Bertz CT molecular complexity index is 1470. The van der Waals surface area contributed by atoms with Crippen LogP contribution in [0.2, 0.25) is 0 Å². The van der Waals surface area contributed by atoms with Crippen LogP contribution in [0.4, 0.5) is 22.0 Å². The second kappa shape index (κ2) is 12.4. The Balaban J connectivity index is 1.38. The molecule has 3 aromatic heterocycles. The van der Waals surface area contributed by atoms with E-state index in [2.05, 4.69) is 20.8 Å². The van der Waals surface area contributed by atoms with Crippen LogP contribution in [-0.4, -0.2) is 61.0 Å². The molecular formula is C29H36F5N7O3. The van der Waals surface area contributed by atoms with Gasteiger partial charge in [0.05, 0.1) is 30.2 Å². The lowest BCUT2D eigenvalue weighted by atomic mass is 9.81. The van der Waals surface area contributed by atoms with E-state index in [1.165, 1.54) is 10.7 Å². The third-order valence-corrected chi connectivity index (χ3v) is 8.28. The summed E-state index contributed by atoms with van der Waals surface area (Å²) in [6, 6.07) is 2.07. The lowest BCUT2D eigenvalue weighted by Crippen LogP contribution is -2.38. The van der Waals surface area contributed by atoms with Crippen LogP contribution in [-0.2, 0) is 9.53 Å². The number of hydrogen-bond acceptors (Lipinski definition) is 6. The standard InChI is InChI=1S/C29H36F5N7O3/c1-16(2)41-22(8-11-35-41)27(43)39-26(19-6-9-28(30,31)10-7-19)21-14-40-23(37-21)12-20(13-36-40)25(18-4-5-18)38-24(42)15-44-17(3)29(32,33)34/h8,11-14,16-19,25-26H,4-7,9-10,15H2,1-3H3,(H,38,42)(H,39,43)/t17-,25-,26+/m1/s1. The van der Waals surface area contributed by atoms with Gasteiger partial charge >= 0.3 is 6.18 Å². The van der Waals surface area contributed by atoms with E-state index in [0.29, 0.717) is 22.6 Å². The van der Waals surface area contributed by atoms with E-state index in [9.17, 15) is 31.5 Å². The molecule has 2 fully saturated rings. The van der Waals surface area contributed by atoms with E-state index in [0.717, 1.165) is 19.8 Å². The Morgan fingerprint density at radius 3 is 2.36 bits per heavy atom. The SMILES string of the molecule is CC(C)n1nccc1C(=O)N[C@H](c1cn2ncc([C@H](NC(=O)CO[C@H](C)C(F)(F)F)C3CC3)cc2n1)C1CCC(F)(F)CC1. The van der Waals surface area contributed by atoms with Gasteiger partial charge in [-0.25, -0.2) is 18.3 Å². The summed E-state index contributed by atoms with van der Waals surface area (Å²) in [6.07, 6.45) is -0.484. The number of aromatic nitrogens is 5. The van der Waals surface area contributed by atoms with E-state index in [4.69, 9.17) is 9.72 Å². The van der Waals surface area contributed by atoms with Crippen molar-refractivity contribution >= 4 is 17.5 Å². The van der Waals surface area contributed by atoms with Crippen LogP contribution < -0.4 is 10.6 Å². The Hall–Kier alpha value is -3.62. The van der Waals surface area contributed by atoms with E-state index < -0.39 is 48.7 Å². The first-order valence-electron chi connectivity index (χ1n) is 14.8. The van der Waals surface area contributed by atoms with E-state index in [1.807, 2.05) is 13.8 Å². The van der Waals surface area contributed by atoms with Crippen molar-refractivity contribution in [1.29, 1.82) is 0 Å². The van der Waals surface area contributed by atoms with Gasteiger partial charge in [-0.15, -0.1) is 0 Å². The summed E-state index contributed by atoms with van der Waals surface area (Å²) in [5.41, 5.74) is 1.82. The van der Waals surface area contributed by atoms with Crippen molar-refractivity contribution in [2.75, 3.05) is 6.61 Å². The predicted octanol–water partition coefficient (Wildman–Crippen LogP) is 5.34. The van der Waals surface area contributed by atoms with Crippen LogP contribution >= 0.6 is 0 Å². The number of imidazole rings is 1. The molecule has 0 bridgehead atoms. The molecule has 15 heteroatoms. The number of nitrogens with one attached hydrogen (secondary N) is 2. The molecular weight excluding hydrogens is 589 g/mol. The monoisotopic (exact) mass is 625 g/mol. The fourth-order valence-corrected chi connectivity index (χ4v) is 5.59. The first kappa shape index (κ1) is 31.8. The normalized spacial score (nSPS) is 19.6. The highest BCUT2D eigenvalue weighted by Gasteiger charge is 2.40. The van der Waals surface area contributed by atoms with Crippen molar-refractivity contribution in [2.45, 2.75) is 95.6 Å². The summed E-state index contributed by atoms with van der Waals surface area (Å²) in [5.74, 6) is -4.05. The molecule has 3 aromatic rings. The molecule has 3 heterocycles. The number of nitrogens with zero attached hydrogens (tertiary/aromatic N) is 5. The smallest absolute Gasteiger partial charge is 0.359 e. The van der Waals surface area contributed by atoms with Crippen LogP contribution in [0.25, 0.3) is 5.65 Å². The van der Waals surface area contributed by atoms with Gasteiger partial charge in [-0.05, 0) is 76.0 Å². The van der Waals surface area contributed by atoms with Gasteiger partial charge in [0.2, 0.25) is 11.8 Å². The molecule has 2 aliphatic rings. The number of fused-ring (bicyclic) bond motifs is 1. The van der Waals surface area contributed by atoms with Crippen molar-refractivity contribution in [2.24, 2.45) is 11.8 Å². The molecule has 0 saturated heterocycles. The maximum absolute atomic E-state index is 14.0. The molecule has 0 aromatic carbocycles. The number of halogens is 5. The summed E-state index contributed by atoms with van der Waals surface area (Å²) in [4.78, 5) is 30.6. The molecule has 0 unspecified atom stereocenters. The zero-order valence-electron chi connectivity index (χ0n) is 24.7. The molecule has 2 N–H and O–H groups in total. The van der Waals surface area contributed by atoms with Gasteiger partial charge in [-0.1, -0.05) is 0 Å². The van der Waals surface area contributed by atoms with Gasteiger partial charge in [0.15, 0.2) is 11.8 Å². The van der Waals surface area contributed by atoms with Crippen LogP contribution in [0.3, 0.4) is 0 Å². The van der Waals surface area contributed by atoms with E-state index in [-0.39, 0.29) is 43.6 Å². The number of carbonyl (C=O) groups excluding carboxylic acids is 2. The average molecular weight is 626 g/mol. The molecule has 0 spiro atoms. The number of alkyl halides is 5. The van der Waals surface area contributed by atoms with Crippen molar-refractivity contribution < 1.29 is 36.3 Å². The van der Waals surface area contributed by atoms with Crippen LogP contribution in [0.5, 0.6) is 0 Å². The number of ether oxygens (including phenoxy) is 1. The van der Waals surface area contributed by atoms with Gasteiger partial charge in [0.1, 0.15) is 12.3 Å². The molecule has 240 valence electrons. The molecule has 2 aliphatic carbocycles. The van der Waals surface area contributed by atoms with Gasteiger partial charge in [0, 0.05) is 25.1 Å². The van der Waals surface area contributed by atoms with Crippen molar-refractivity contribution in [3.63, 3.8) is 0 Å². The first-order valence-corrected chi connectivity index (χ1v) is 14.8. The molecule has 2 amide bonds. The zero-order valence-corrected chi connectivity index (χ0v) is 24.7. The Morgan fingerprint density at radius 1 is 1.05 bits per heavy atom. The van der Waals surface area contributed by atoms with Gasteiger partial charge in [-0.3, -0.25) is 14.3 Å².